The zero-order chi connectivity index (χ0) is 10.1. The lowest BCUT2D eigenvalue weighted by Gasteiger charge is -2.02. The van der Waals surface area contributed by atoms with Gasteiger partial charge in [-0.05, 0) is 36.8 Å². The van der Waals surface area contributed by atoms with Crippen molar-refractivity contribution in [2.75, 3.05) is 0 Å². The highest BCUT2D eigenvalue weighted by Gasteiger charge is 2.05. The van der Waals surface area contributed by atoms with Crippen LogP contribution < -0.4 is 0 Å². The van der Waals surface area contributed by atoms with Gasteiger partial charge in [-0.25, -0.2) is 0 Å². The Morgan fingerprint density at radius 2 is 1.23 bits per heavy atom. The third-order valence-corrected chi connectivity index (χ3v) is 2.30. The summed E-state index contributed by atoms with van der Waals surface area (Å²) in [7, 11) is 0. The van der Waals surface area contributed by atoms with Gasteiger partial charge < -0.3 is 0 Å². The molecule has 1 aliphatic carbocycles. The number of hydrogen-bond acceptors (Lipinski definition) is 0. The summed E-state index contributed by atoms with van der Waals surface area (Å²) in [5, 5.41) is 0. The Morgan fingerprint density at radius 3 is 1.54 bits per heavy atom. The summed E-state index contributed by atoms with van der Waals surface area (Å²) in [6, 6.07) is 0. The van der Waals surface area contributed by atoms with Gasteiger partial charge in [0.2, 0.25) is 0 Å². The molecule has 74 valence electrons. The molecule has 0 saturated carbocycles. The molecule has 0 N–H and O–H groups in total. The highest BCUT2D eigenvalue weighted by molar-refractivity contribution is 5.31. The second kappa shape index (κ2) is 7.85. The van der Waals surface area contributed by atoms with E-state index in [2.05, 4.69) is 13.2 Å². The molecule has 0 unspecified atom stereocenters. The van der Waals surface area contributed by atoms with Crippen LogP contribution in [0.4, 0.5) is 0 Å². The van der Waals surface area contributed by atoms with Crippen LogP contribution in [0.2, 0.25) is 0 Å². The SMILES string of the molecule is C=CC1=C(C=C)CCCCC1.CC. The van der Waals surface area contributed by atoms with Crippen LogP contribution >= 0.6 is 0 Å². The minimum atomic E-state index is 1.20. The Balaban J connectivity index is 0.000000671. The zero-order valence-corrected chi connectivity index (χ0v) is 9.10. The van der Waals surface area contributed by atoms with Crippen molar-refractivity contribution >= 4 is 0 Å². The van der Waals surface area contributed by atoms with E-state index in [0.29, 0.717) is 0 Å². The van der Waals surface area contributed by atoms with Crippen LogP contribution in [0, 0.1) is 0 Å². The van der Waals surface area contributed by atoms with Gasteiger partial charge in [0.15, 0.2) is 0 Å². The van der Waals surface area contributed by atoms with Crippen LogP contribution in [0.15, 0.2) is 36.5 Å². The van der Waals surface area contributed by atoms with E-state index in [1.54, 1.807) is 0 Å². The standard InChI is InChI=1S/C11H16.C2H6/c1-3-10-8-6-5-7-9-11(10)4-2;1-2/h3-4H,1-2,5-9H2;1-2H3. The molecule has 0 fully saturated rings. The van der Waals surface area contributed by atoms with Gasteiger partial charge in [0.1, 0.15) is 0 Å². The molecule has 0 saturated heterocycles. The van der Waals surface area contributed by atoms with E-state index in [0.717, 1.165) is 0 Å². The molecule has 0 aromatic heterocycles. The third kappa shape index (κ3) is 4.12. The lowest BCUT2D eigenvalue weighted by molar-refractivity contribution is 0.710. The second-order valence-electron chi connectivity index (χ2n) is 3.02. The fraction of sp³-hybridized carbons (Fsp3) is 0.538. The van der Waals surface area contributed by atoms with E-state index in [-0.39, 0.29) is 0 Å². The molecular weight excluding hydrogens is 156 g/mol. The van der Waals surface area contributed by atoms with Gasteiger partial charge >= 0.3 is 0 Å². The van der Waals surface area contributed by atoms with Crippen LogP contribution in [0.5, 0.6) is 0 Å². The first-order valence-corrected chi connectivity index (χ1v) is 5.35. The molecule has 0 aromatic carbocycles. The molecule has 0 atom stereocenters. The van der Waals surface area contributed by atoms with E-state index in [1.165, 1.54) is 43.3 Å². The first-order chi connectivity index (χ1) is 6.38. The minimum Gasteiger partial charge on any atom is -0.0988 e. The zero-order valence-electron chi connectivity index (χ0n) is 9.10. The molecule has 0 aliphatic heterocycles. The summed E-state index contributed by atoms with van der Waals surface area (Å²) >= 11 is 0. The van der Waals surface area contributed by atoms with E-state index in [1.807, 2.05) is 26.0 Å². The predicted octanol–water partition coefficient (Wildman–Crippen LogP) is 4.65. The van der Waals surface area contributed by atoms with E-state index in [9.17, 15) is 0 Å². The topological polar surface area (TPSA) is 0 Å². The van der Waals surface area contributed by atoms with Gasteiger partial charge in [0, 0.05) is 0 Å². The minimum absolute atomic E-state index is 1.20. The van der Waals surface area contributed by atoms with Gasteiger partial charge in [-0.2, -0.15) is 0 Å². The molecule has 0 heterocycles. The van der Waals surface area contributed by atoms with Crippen molar-refractivity contribution in [3.05, 3.63) is 36.5 Å². The van der Waals surface area contributed by atoms with Crippen molar-refractivity contribution in [2.45, 2.75) is 46.0 Å². The van der Waals surface area contributed by atoms with Gasteiger partial charge in [0.05, 0.1) is 0 Å². The Morgan fingerprint density at radius 1 is 0.846 bits per heavy atom. The van der Waals surface area contributed by atoms with Crippen LogP contribution in [0.25, 0.3) is 0 Å². The van der Waals surface area contributed by atoms with Gasteiger partial charge in [-0.15, -0.1) is 0 Å². The highest BCUT2D eigenvalue weighted by Crippen LogP contribution is 2.24. The average molecular weight is 178 g/mol. The molecule has 0 aromatic rings. The predicted molar refractivity (Wildman–Crippen MR) is 61.9 cm³/mol. The van der Waals surface area contributed by atoms with Crippen molar-refractivity contribution < 1.29 is 0 Å². The molecule has 0 radical (unpaired) electrons. The maximum Gasteiger partial charge on any atom is -0.0276 e. The van der Waals surface area contributed by atoms with Crippen molar-refractivity contribution in [3.63, 3.8) is 0 Å². The molecule has 13 heavy (non-hydrogen) atoms. The summed E-state index contributed by atoms with van der Waals surface area (Å²) in [4.78, 5) is 0. The lowest BCUT2D eigenvalue weighted by atomic mass is 10.0. The summed E-state index contributed by atoms with van der Waals surface area (Å²) in [5.74, 6) is 0. The van der Waals surface area contributed by atoms with Crippen LogP contribution in [-0.2, 0) is 0 Å². The van der Waals surface area contributed by atoms with E-state index < -0.39 is 0 Å². The largest absolute Gasteiger partial charge is 0.0988 e. The maximum absolute atomic E-state index is 3.82. The smallest absolute Gasteiger partial charge is 0.0276 e. The van der Waals surface area contributed by atoms with Crippen molar-refractivity contribution in [3.8, 4) is 0 Å². The number of hydrogen-bond donors (Lipinski definition) is 0. The van der Waals surface area contributed by atoms with E-state index in [4.69, 9.17) is 0 Å². The highest BCUT2D eigenvalue weighted by atomic mass is 14.1. The fourth-order valence-corrected chi connectivity index (χ4v) is 1.60. The number of rotatable bonds is 2. The van der Waals surface area contributed by atoms with Crippen molar-refractivity contribution in [1.82, 2.24) is 0 Å². The molecule has 1 rings (SSSR count). The summed E-state index contributed by atoms with van der Waals surface area (Å²) in [6.45, 7) is 11.6. The Bertz CT molecular complexity index is 164. The summed E-state index contributed by atoms with van der Waals surface area (Å²) in [5.41, 5.74) is 2.83. The average Bonchev–Trinajstić information content (AvgIpc) is 2.44. The lowest BCUT2D eigenvalue weighted by Crippen LogP contribution is -1.82. The quantitative estimate of drug-likeness (QED) is 0.577. The molecular formula is C13H22. The molecule has 0 amide bonds. The first-order valence-electron chi connectivity index (χ1n) is 5.35. The van der Waals surface area contributed by atoms with Crippen molar-refractivity contribution in [1.29, 1.82) is 0 Å². The Kier molecular flexibility index (Phi) is 7.38. The molecule has 0 spiro atoms. The number of allylic oxidation sites excluding steroid dienone is 4. The molecule has 0 nitrogen and oxygen atoms in total. The summed E-state index contributed by atoms with van der Waals surface area (Å²) in [6.07, 6.45) is 10.4. The monoisotopic (exact) mass is 178 g/mol. The van der Waals surface area contributed by atoms with Gasteiger partial charge in [0.25, 0.3) is 0 Å². The molecule has 1 aliphatic rings. The van der Waals surface area contributed by atoms with Gasteiger partial charge in [-0.1, -0.05) is 45.6 Å². The first kappa shape index (κ1) is 12.2. The van der Waals surface area contributed by atoms with Crippen LogP contribution in [-0.4, -0.2) is 0 Å². The normalized spacial score (nSPS) is 16.8. The summed E-state index contributed by atoms with van der Waals surface area (Å²) < 4.78 is 0. The van der Waals surface area contributed by atoms with Crippen LogP contribution in [0.1, 0.15) is 46.0 Å². The van der Waals surface area contributed by atoms with Gasteiger partial charge in [-0.3, -0.25) is 0 Å². The Hall–Kier alpha value is -0.780. The van der Waals surface area contributed by atoms with E-state index >= 15 is 0 Å². The van der Waals surface area contributed by atoms with Crippen molar-refractivity contribution in [2.24, 2.45) is 0 Å². The third-order valence-electron chi connectivity index (χ3n) is 2.30. The molecule has 0 heteroatoms. The molecule has 0 bridgehead atoms. The Labute approximate surface area is 83.0 Å². The second-order valence-corrected chi connectivity index (χ2v) is 3.02. The fourth-order valence-electron chi connectivity index (χ4n) is 1.60. The maximum atomic E-state index is 3.82. The van der Waals surface area contributed by atoms with Crippen LogP contribution in [0.3, 0.4) is 0 Å².